The van der Waals surface area contributed by atoms with Crippen LogP contribution in [0.2, 0.25) is 0 Å². The number of hydrogen-bond donors (Lipinski definition) is 2. The molecule has 9 heteroatoms. The van der Waals surface area contributed by atoms with Crippen LogP contribution in [0.3, 0.4) is 0 Å². The van der Waals surface area contributed by atoms with Crippen LogP contribution < -0.4 is 10.6 Å². The fourth-order valence-electron chi connectivity index (χ4n) is 2.70. The standard InChI is InChI=1S/C19H20N4O4S/c20-13-15-1-3-17(4-2-15)22-19(24)14-21-16-5-7-18(8-6-16)28(25,26)23-9-11-27-12-10-23/h1-8,21H,9-12,14H2,(H,22,24). The number of nitrogens with zero attached hydrogens (tertiary/aromatic N) is 2. The molecule has 0 radical (unpaired) electrons. The molecule has 0 aromatic heterocycles. The molecule has 28 heavy (non-hydrogen) atoms. The van der Waals surface area contributed by atoms with E-state index in [1.54, 1.807) is 36.4 Å². The number of nitrogens with one attached hydrogen (secondary N) is 2. The molecule has 1 aliphatic rings. The lowest BCUT2D eigenvalue weighted by Gasteiger charge is -2.26. The summed E-state index contributed by atoms with van der Waals surface area (Å²) in [6.45, 7) is 1.51. The van der Waals surface area contributed by atoms with Gasteiger partial charge in [0.2, 0.25) is 15.9 Å². The Morgan fingerprint density at radius 1 is 1.04 bits per heavy atom. The van der Waals surface area contributed by atoms with E-state index in [-0.39, 0.29) is 17.3 Å². The van der Waals surface area contributed by atoms with Crippen LogP contribution in [0.15, 0.2) is 53.4 Å². The highest BCUT2D eigenvalue weighted by atomic mass is 32.2. The van der Waals surface area contributed by atoms with E-state index in [4.69, 9.17) is 10.00 Å². The van der Waals surface area contributed by atoms with Gasteiger partial charge in [-0.25, -0.2) is 8.42 Å². The molecule has 1 aliphatic heterocycles. The number of morpholine rings is 1. The predicted octanol–water partition coefficient (Wildman–Crippen LogP) is 1.63. The Hall–Kier alpha value is -2.93. The van der Waals surface area contributed by atoms with Crippen molar-refractivity contribution >= 4 is 27.3 Å². The van der Waals surface area contributed by atoms with Crippen molar-refractivity contribution in [2.24, 2.45) is 0 Å². The van der Waals surface area contributed by atoms with Crippen LogP contribution in [0.1, 0.15) is 5.56 Å². The fourth-order valence-corrected chi connectivity index (χ4v) is 4.10. The molecule has 1 amide bonds. The Morgan fingerprint density at radius 3 is 2.25 bits per heavy atom. The molecule has 8 nitrogen and oxygen atoms in total. The molecule has 1 fully saturated rings. The Kier molecular flexibility index (Phi) is 6.26. The maximum absolute atomic E-state index is 12.6. The fraction of sp³-hybridized carbons (Fsp3) is 0.263. The Morgan fingerprint density at radius 2 is 1.64 bits per heavy atom. The molecule has 146 valence electrons. The summed E-state index contributed by atoms with van der Waals surface area (Å²) in [7, 11) is -3.53. The second kappa shape index (κ2) is 8.84. The Balaban J connectivity index is 1.55. The first-order valence-electron chi connectivity index (χ1n) is 8.71. The van der Waals surface area contributed by atoms with Crippen molar-refractivity contribution in [3.05, 3.63) is 54.1 Å². The van der Waals surface area contributed by atoms with Crippen molar-refractivity contribution in [1.29, 1.82) is 5.26 Å². The highest BCUT2D eigenvalue weighted by Crippen LogP contribution is 2.19. The SMILES string of the molecule is N#Cc1ccc(NC(=O)CNc2ccc(S(=O)(=O)N3CCOCC3)cc2)cc1. The normalized spacial score (nSPS) is 14.8. The van der Waals surface area contributed by atoms with E-state index in [1.807, 2.05) is 6.07 Å². The van der Waals surface area contributed by atoms with Crippen molar-refractivity contribution < 1.29 is 17.9 Å². The predicted molar refractivity (Wildman–Crippen MR) is 104 cm³/mol. The molecule has 0 bridgehead atoms. The summed E-state index contributed by atoms with van der Waals surface area (Å²) in [6, 6.07) is 14.9. The quantitative estimate of drug-likeness (QED) is 0.762. The van der Waals surface area contributed by atoms with Crippen LogP contribution in [0, 0.1) is 11.3 Å². The number of carbonyl (C=O) groups excluding carboxylic acids is 1. The monoisotopic (exact) mass is 400 g/mol. The number of anilines is 2. The van der Waals surface area contributed by atoms with Gasteiger partial charge in [0.1, 0.15) is 0 Å². The van der Waals surface area contributed by atoms with Crippen LogP contribution in [0.5, 0.6) is 0 Å². The number of sulfonamides is 1. The summed E-state index contributed by atoms with van der Waals surface area (Å²) in [5, 5.41) is 14.4. The van der Waals surface area contributed by atoms with Crippen LogP contribution in [-0.4, -0.2) is 51.5 Å². The maximum atomic E-state index is 12.6. The average molecular weight is 400 g/mol. The molecule has 0 spiro atoms. The van der Waals surface area contributed by atoms with E-state index in [0.717, 1.165) is 0 Å². The zero-order valence-corrected chi connectivity index (χ0v) is 15.9. The minimum atomic E-state index is -3.53. The van der Waals surface area contributed by atoms with E-state index in [1.165, 1.54) is 16.4 Å². The van der Waals surface area contributed by atoms with Crippen LogP contribution in [-0.2, 0) is 19.6 Å². The van der Waals surface area contributed by atoms with Gasteiger partial charge in [0, 0.05) is 24.5 Å². The average Bonchev–Trinajstić information content (AvgIpc) is 2.74. The van der Waals surface area contributed by atoms with Gasteiger partial charge in [-0.1, -0.05) is 0 Å². The molecule has 2 N–H and O–H groups in total. The van der Waals surface area contributed by atoms with Gasteiger partial charge in [-0.3, -0.25) is 4.79 Å². The number of benzene rings is 2. The zero-order valence-electron chi connectivity index (χ0n) is 15.1. The number of nitriles is 1. The van der Waals surface area contributed by atoms with E-state index in [2.05, 4.69) is 10.6 Å². The molecule has 2 aromatic rings. The van der Waals surface area contributed by atoms with Crippen LogP contribution >= 0.6 is 0 Å². The number of amides is 1. The summed E-state index contributed by atoms with van der Waals surface area (Å²) in [5.74, 6) is -0.255. The molecule has 2 aromatic carbocycles. The second-order valence-corrected chi connectivity index (χ2v) is 8.07. The first-order valence-corrected chi connectivity index (χ1v) is 10.1. The van der Waals surface area contributed by atoms with Crippen molar-refractivity contribution in [2.75, 3.05) is 43.5 Å². The minimum Gasteiger partial charge on any atom is -0.379 e. The first kappa shape index (κ1) is 19.8. The molecular weight excluding hydrogens is 380 g/mol. The summed E-state index contributed by atoms with van der Waals surface area (Å²) >= 11 is 0. The molecular formula is C19H20N4O4S. The van der Waals surface area contributed by atoms with Gasteiger partial charge in [-0.05, 0) is 48.5 Å². The lowest BCUT2D eigenvalue weighted by molar-refractivity contribution is -0.114. The van der Waals surface area contributed by atoms with Crippen LogP contribution in [0.25, 0.3) is 0 Å². The molecule has 0 atom stereocenters. The van der Waals surface area contributed by atoms with Crippen molar-refractivity contribution in [1.82, 2.24) is 4.31 Å². The van der Waals surface area contributed by atoms with Crippen LogP contribution in [0.4, 0.5) is 11.4 Å². The second-order valence-electron chi connectivity index (χ2n) is 6.13. The van der Waals surface area contributed by atoms with Crippen molar-refractivity contribution in [3.8, 4) is 6.07 Å². The number of rotatable bonds is 6. The molecule has 0 saturated carbocycles. The molecule has 0 aliphatic carbocycles. The van der Waals surface area contributed by atoms with Gasteiger partial charge in [0.05, 0.1) is 36.3 Å². The molecule has 1 heterocycles. The van der Waals surface area contributed by atoms with E-state index in [0.29, 0.717) is 43.2 Å². The summed E-state index contributed by atoms with van der Waals surface area (Å²) in [4.78, 5) is 12.2. The molecule has 0 unspecified atom stereocenters. The van der Waals surface area contributed by atoms with Gasteiger partial charge in [-0.15, -0.1) is 0 Å². The van der Waals surface area contributed by atoms with Gasteiger partial charge >= 0.3 is 0 Å². The number of carbonyl (C=O) groups is 1. The van der Waals surface area contributed by atoms with Crippen molar-refractivity contribution in [3.63, 3.8) is 0 Å². The van der Waals surface area contributed by atoms with Crippen molar-refractivity contribution in [2.45, 2.75) is 4.90 Å². The first-order chi connectivity index (χ1) is 13.5. The molecule has 3 rings (SSSR count). The van der Waals surface area contributed by atoms with Gasteiger partial charge in [0.15, 0.2) is 0 Å². The van der Waals surface area contributed by atoms with Gasteiger partial charge in [0.25, 0.3) is 0 Å². The van der Waals surface area contributed by atoms with Gasteiger partial charge in [-0.2, -0.15) is 9.57 Å². The third-order valence-electron chi connectivity index (χ3n) is 4.21. The Bertz CT molecular complexity index is 960. The molecule has 1 saturated heterocycles. The Labute approximate surface area is 163 Å². The van der Waals surface area contributed by atoms with Gasteiger partial charge < -0.3 is 15.4 Å². The largest absolute Gasteiger partial charge is 0.379 e. The topological polar surface area (TPSA) is 112 Å². The summed E-state index contributed by atoms with van der Waals surface area (Å²) < 4.78 is 31.8. The highest BCUT2D eigenvalue weighted by Gasteiger charge is 2.26. The summed E-state index contributed by atoms with van der Waals surface area (Å²) in [5.41, 5.74) is 1.75. The third kappa shape index (κ3) is 4.86. The lowest BCUT2D eigenvalue weighted by Crippen LogP contribution is -2.40. The summed E-state index contributed by atoms with van der Waals surface area (Å²) in [6.07, 6.45) is 0. The smallest absolute Gasteiger partial charge is 0.243 e. The minimum absolute atomic E-state index is 0.0234. The zero-order chi connectivity index (χ0) is 20.0. The third-order valence-corrected chi connectivity index (χ3v) is 6.13. The highest BCUT2D eigenvalue weighted by molar-refractivity contribution is 7.89. The lowest BCUT2D eigenvalue weighted by atomic mass is 10.2. The number of ether oxygens (including phenoxy) is 1. The van der Waals surface area contributed by atoms with E-state index < -0.39 is 10.0 Å². The van der Waals surface area contributed by atoms with E-state index in [9.17, 15) is 13.2 Å². The van der Waals surface area contributed by atoms with E-state index >= 15 is 0 Å². The number of hydrogen-bond acceptors (Lipinski definition) is 6. The maximum Gasteiger partial charge on any atom is 0.243 e.